The Hall–Kier alpha value is -1.75. The molecule has 0 saturated heterocycles. The minimum atomic E-state index is -0.835. The molecule has 0 fully saturated rings. The average Bonchev–Trinajstić information content (AvgIpc) is 2.84. The standard InChI is InChI=1S/C14H17F2N3/c1-3-7-19-9-10(8-18-19)14(17-2)11-5-4-6-12(15)13(11)16/h4-6,8-9,14,17H,3,7H2,1-2H3. The molecule has 1 aromatic heterocycles. The van der Waals surface area contributed by atoms with Gasteiger partial charge in [0, 0.05) is 23.9 Å². The van der Waals surface area contributed by atoms with Crippen LogP contribution >= 0.6 is 0 Å². The van der Waals surface area contributed by atoms with E-state index in [1.807, 2.05) is 6.20 Å². The van der Waals surface area contributed by atoms with Crippen molar-refractivity contribution in [2.24, 2.45) is 0 Å². The van der Waals surface area contributed by atoms with E-state index in [1.54, 1.807) is 24.0 Å². The number of hydrogen-bond acceptors (Lipinski definition) is 2. The first-order valence-electron chi connectivity index (χ1n) is 6.31. The molecule has 0 saturated carbocycles. The second-order valence-corrected chi connectivity index (χ2v) is 4.40. The molecule has 1 heterocycles. The number of rotatable bonds is 5. The summed E-state index contributed by atoms with van der Waals surface area (Å²) in [4.78, 5) is 0. The van der Waals surface area contributed by atoms with Crippen LogP contribution in [0.5, 0.6) is 0 Å². The Morgan fingerprint density at radius 3 is 2.84 bits per heavy atom. The number of hydrogen-bond donors (Lipinski definition) is 1. The highest BCUT2D eigenvalue weighted by Gasteiger charge is 2.19. The number of nitrogens with zero attached hydrogens (tertiary/aromatic N) is 2. The van der Waals surface area contributed by atoms with Crippen LogP contribution in [-0.2, 0) is 6.54 Å². The van der Waals surface area contributed by atoms with Gasteiger partial charge < -0.3 is 5.32 Å². The molecule has 2 rings (SSSR count). The molecule has 0 aliphatic heterocycles. The van der Waals surface area contributed by atoms with Crippen LogP contribution in [-0.4, -0.2) is 16.8 Å². The van der Waals surface area contributed by atoms with E-state index in [1.165, 1.54) is 6.07 Å². The Labute approximate surface area is 111 Å². The molecule has 0 aliphatic carbocycles. The van der Waals surface area contributed by atoms with E-state index in [2.05, 4.69) is 17.3 Å². The van der Waals surface area contributed by atoms with Gasteiger partial charge in [0.05, 0.1) is 12.2 Å². The van der Waals surface area contributed by atoms with Gasteiger partial charge in [-0.1, -0.05) is 19.1 Å². The van der Waals surface area contributed by atoms with Gasteiger partial charge in [-0.15, -0.1) is 0 Å². The molecule has 5 heteroatoms. The predicted molar refractivity (Wildman–Crippen MR) is 69.8 cm³/mol. The van der Waals surface area contributed by atoms with Gasteiger partial charge in [-0.2, -0.15) is 5.10 Å². The van der Waals surface area contributed by atoms with E-state index in [0.717, 1.165) is 24.6 Å². The Kier molecular flexibility index (Phi) is 4.27. The van der Waals surface area contributed by atoms with Crippen LogP contribution in [0.15, 0.2) is 30.6 Å². The maximum Gasteiger partial charge on any atom is 0.163 e. The summed E-state index contributed by atoms with van der Waals surface area (Å²) in [6.07, 6.45) is 4.51. The van der Waals surface area contributed by atoms with Crippen LogP contribution < -0.4 is 5.32 Å². The molecule has 2 aromatic rings. The number of halogens is 2. The van der Waals surface area contributed by atoms with Crippen molar-refractivity contribution in [3.8, 4) is 0 Å². The highest BCUT2D eigenvalue weighted by Crippen LogP contribution is 2.25. The smallest absolute Gasteiger partial charge is 0.163 e. The lowest BCUT2D eigenvalue weighted by Gasteiger charge is -2.15. The van der Waals surface area contributed by atoms with Gasteiger partial charge in [0.1, 0.15) is 0 Å². The molecule has 0 spiro atoms. The Bertz CT molecular complexity index is 551. The van der Waals surface area contributed by atoms with Crippen molar-refractivity contribution in [2.45, 2.75) is 25.9 Å². The van der Waals surface area contributed by atoms with Crippen LogP contribution in [0.3, 0.4) is 0 Å². The van der Waals surface area contributed by atoms with Gasteiger partial charge in [0.2, 0.25) is 0 Å². The third kappa shape index (κ3) is 2.81. The van der Waals surface area contributed by atoms with Crippen molar-refractivity contribution >= 4 is 0 Å². The quantitative estimate of drug-likeness (QED) is 0.901. The zero-order valence-corrected chi connectivity index (χ0v) is 11.0. The van der Waals surface area contributed by atoms with E-state index >= 15 is 0 Å². The third-order valence-corrected chi connectivity index (χ3v) is 3.02. The largest absolute Gasteiger partial charge is 0.309 e. The van der Waals surface area contributed by atoms with Gasteiger partial charge in [-0.05, 0) is 19.5 Å². The fourth-order valence-corrected chi connectivity index (χ4v) is 2.13. The number of aromatic nitrogens is 2. The van der Waals surface area contributed by atoms with Crippen molar-refractivity contribution in [1.82, 2.24) is 15.1 Å². The zero-order chi connectivity index (χ0) is 13.8. The minimum absolute atomic E-state index is 0.290. The molecule has 1 aromatic carbocycles. The SMILES string of the molecule is CCCn1cc(C(NC)c2cccc(F)c2F)cn1. The Balaban J connectivity index is 2.35. The summed E-state index contributed by atoms with van der Waals surface area (Å²) in [5, 5.41) is 7.21. The summed E-state index contributed by atoms with van der Waals surface area (Å²) in [5.41, 5.74) is 1.11. The molecular weight excluding hydrogens is 248 g/mol. The first kappa shape index (κ1) is 13.7. The molecule has 0 amide bonds. The lowest BCUT2D eigenvalue weighted by Crippen LogP contribution is -2.19. The lowest BCUT2D eigenvalue weighted by molar-refractivity contribution is 0.487. The number of aryl methyl sites for hydroxylation is 1. The molecule has 3 nitrogen and oxygen atoms in total. The van der Waals surface area contributed by atoms with E-state index in [4.69, 9.17) is 0 Å². The monoisotopic (exact) mass is 265 g/mol. The van der Waals surface area contributed by atoms with Crippen LogP contribution in [0.2, 0.25) is 0 Å². The summed E-state index contributed by atoms with van der Waals surface area (Å²) in [7, 11) is 1.71. The average molecular weight is 265 g/mol. The zero-order valence-electron chi connectivity index (χ0n) is 11.0. The second kappa shape index (κ2) is 5.93. The van der Waals surface area contributed by atoms with Crippen molar-refractivity contribution in [1.29, 1.82) is 0 Å². The lowest BCUT2D eigenvalue weighted by atomic mass is 10.0. The first-order valence-corrected chi connectivity index (χ1v) is 6.31. The summed E-state index contributed by atoms with van der Waals surface area (Å²) < 4.78 is 28.9. The van der Waals surface area contributed by atoms with Crippen molar-refractivity contribution in [2.75, 3.05) is 7.05 Å². The summed E-state index contributed by atoms with van der Waals surface area (Å²) in [6, 6.07) is 3.80. The van der Waals surface area contributed by atoms with E-state index < -0.39 is 17.7 Å². The molecule has 102 valence electrons. The fraction of sp³-hybridized carbons (Fsp3) is 0.357. The topological polar surface area (TPSA) is 29.9 Å². The van der Waals surface area contributed by atoms with Crippen LogP contribution in [0, 0.1) is 11.6 Å². The maximum absolute atomic E-state index is 13.8. The minimum Gasteiger partial charge on any atom is -0.309 e. The highest BCUT2D eigenvalue weighted by atomic mass is 19.2. The van der Waals surface area contributed by atoms with Gasteiger partial charge in [0.15, 0.2) is 11.6 Å². The van der Waals surface area contributed by atoms with Gasteiger partial charge in [0.25, 0.3) is 0 Å². The maximum atomic E-state index is 13.8. The van der Waals surface area contributed by atoms with Crippen LogP contribution in [0.25, 0.3) is 0 Å². The molecule has 0 radical (unpaired) electrons. The van der Waals surface area contributed by atoms with Crippen molar-refractivity contribution in [3.63, 3.8) is 0 Å². The summed E-state index contributed by atoms with van der Waals surface area (Å²) in [6.45, 7) is 2.87. The number of nitrogens with one attached hydrogen (secondary N) is 1. The molecular formula is C14H17F2N3. The van der Waals surface area contributed by atoms with Crippen molar-refractivity contribution in [3.05, 3.63) is 53.4 Å². The molecule has 1 unspecified atom stereocenters. The van der Waals surface area contributed by atoms with Crippen LogP contribution in [0.4, 0.5) is 8.78 Å². The van der Waals surface area contributed by atoms with E-state index in [9.17, 15) is 8.78 Å². The molecule has 0 bridgehead atoms. The molecule has 19 heavy (non-hydrogen) atoms. The molecule has 0 aliphatic rings. The molecule has 1 N–H and O–H groups in total. The van der Waals surface area contributed by atoms with E-state index in [0.29, 0.717) is 5.56 Å². The van der Waals surface area contributed by atoms with Gasteiger partial charge >= 0.3 is 0 Å². The third-order valence-electron chi connectivity index (χ3n) is 3.02. The predicted octanol–water partition coefficient (Wildman–Crippen LogP) is 2.88. The number of benzene rings is 1. The molecule has 1 atom stereocenters. The summed E-state index contributed by atoms with van der Waals surface area (Å²) >= 11 is 0. The fourth-order valence-electron chi connectivity index (χ4n) is 2.13. The summed E-state index contributed by atoms with van der Waals surface area (Å²) in [5.74, 6) is -1.65. The second-order valence-electron chi connectivity index (χ2n) is 4.40. The first-order chi connectivity index (χ1) is 9.17. The van der Waals surface area contributed by atoms with E-state index in [-0.39, 0.29) is 0 Å². The van der Waals surface area contributed by atoms with Crippen LogP contribution in [0.1, 0.15) is 30.5 Å². The Morgan fingerprint density at radius 2 is 2.16 bits per heavy atom. The normalized spacial score (nSPS) is 12.6. The Morgan fingerprint density at radius 1 is 1.37 bits per heavy atom. The van der Waals surface area contributed by atoms with Crippen molar-refractivity contribution < 1.29 is 8.78 Å². The van der Waals surface area contributed by atoms with Gasteiger partial charge in [-0.25, -0.2) is 8.78 Å². The van der Waals surface area contributed by atoms with Gasteiger partial charge in [-0.3, -0.25) is 4.68 Å². The highest BCUT2D eigenvalue weighted by molar-refractivity contribution is 5.30.